The number of ether oxygens (including phenoxy) is 1. The van der Waals surface area contributed by atoms with E-state index in [4.69, 9.17) is 22.1 Å². The highest BCUT2D eigenvalue weighted by molar-refractivity contribution is 6.32. The summed E-state index contributed by atoms with van der Waals surface area (Å²) in [6.45, 7) is 0.584. The van der Waals surface area contributed by atoms with Gasteiger partial charge in [-0.3, -0.25) is 0 Å². The van der Waals surface area contributed by atoms with Gasteiger partial charge in [0, 0.05) is 13.5 Å². The molecule has 0 spiro atoms. The van der Waals surface area contributed by atoms with E-state index in [0.717, 1.165) is 31.0 Å². The van der Waals surface area contributed by atoms with Crippen LogP contribution in [0.5, 0.6) is 11.8 Å². The molecule has 0 unspecified atom stereocenters. The lowest BCUT2D eigenvalue weighted by Crippen LogP contribution is -2.05. The summed E-state index contributed by atoms with van der Waals surface area (Å²) in [5.41, 5.74) is 4.58. The SMILES string of the molecule is Cn1nc(Oc2cc(C(F)(F)F)ccc2Cl)nc1CCCCN. The summed E-state index contributed by atoms with van der Waals surface area (Å²) < 4.78 is 45.0. The van der Waals surface area contributed by atoms with Crippen LogP contribution in [-0.4, -0.2) is 21.3 Å². The molecular weight excluding hydrogens is 333 g/mol. The molecule has 2 rings (SSSR count). The van der Waals surface area contributed by atoms with E-state index in [2.05, 4.69) is 10.1 Å². The van der Waals surface area contributed by atoms with E-state index < -0.39 is 11.7 Å². The van der Waals surface area contributed by atoms with Crippen molar-refractivity contribution < 1.29 is 17.9 Å². The van der Waals surface area contributed by atoms with Gasteiger partial charge < -0.3 is 10.5 Å². The lowest BCUT2D eigenvalue weighted by molar-refractivity contribution is -0.137. The van der Waals surface area contributed by atoms with Gasteiger partial charge in [0.15, 0.2) is 0 Å². The lowest BCUT2D eigenvalue weighted by Gasteiger charge is -2.09. The van der Waals surface area contributed by atoms with Crippen LogP contribution in [-0.2, 0) is 19.6 Å². The average molecular weight is 349 g/mol. The predicted octanol–water partition coefficient (Wildman–Crippen LogP) is 3.56. The van der Waals surface area contributed by atoms with E-state index >= 15 is 0 Å². The van der Waals surface area contributed by atoms with Gasteiger partial charge in [-0.2, -0.15) is 18.2 Å². The zero-order valence-corrected chi connectivity index (χ0v) is 13.2. The molecule has 0 aliphatic heterocycles. The average Bonchev–Trinajstić information content (AvgIpc) is 2.80. The van der Waals surface area contributed by atoms with Crippen molar-refractivity contribution in [3.63, 3.8) is 0 Å². The molecule has 9 heteroatoms. The number of rotatable bonds is 6. The van der Waals surface area contributed by atoms with Gasteiger partial charge >= 0.3 is 12.2 Å². The third kappa shape index (κ3) is 4.59. The summed E-state index contributed by atoms with van der Waals surface area (Å²) in [4.78, 5) is 4.16. The summed E-state index contributed by atoms with van der Waals surface area (Å²) in [6, 6.07) is 2.80. The molecule has 5 nitrogen and oxygen atoms in total. The number of nitrogens with two attached hydrogens (primary N) is 1. The fourth-order valence-corrected chi connectivity index (χ4v) is 2.09. The highest BCUT2D eigenvalue weighted by Crippen LogP contribution is 2.36. The fraction of sp³-hybridized carbons (Fsp3) is 0.429. The standard InChI is InChI=1S/C14H16ClF3N4O/c1-22-12(4-2-3-7-19)20-13(21-22)23-11-8-9(14(16,17)18)5-6-10(11)15/h5-6,8H,2-4,7,19H2,1H3. The van der Waals surface area contributed by atoms with Crippen LogP contribution < -0.4 is 10.5 Å². The molecule has 126 valence electrons. The lowest BCUT2D eigenvalue weighted by atomic mass is 10.2. The molecule has 2 N–H and O–H groups in total. The first-order valence-corrected chi connectivity index (χ1v) is 7.33. The van der Waals surface area contributed by atoms with Crippen LogP contribution >= 0.6 is 11.6 Å². The molecule has 1 aromatic carbocycles. The molecule has 0 fully saturated rings. The molecule has 23 heavy (non-hydrogen) atoms. The van der Waals surface area contributed by atoms with Gasteiger partial charge in [-0.1, -0.05) is 11.6 Å². The molecule has 0 radical (unpaired) electrons. The van der Waals surface area contributed by atoms with E-state index in [1.165, 1.54) is 4.68 Å². The van der Waals surface area contributed by atoms with Crippen LogP contribution in [0.1, 0.15) is 24.2 Å². The Hall–Kier alpha value is -1.80. The molecule has 0 aliphatic carbocycles. The summed E-state index contributed by atoms with van der Waals surface area (Å²) in [6.07, 6.45) is -2.14. The Labute approximate surface area is 136 Å². The van der Waals surface area contributed by atoms with Crippen molar-refractivity contribution in [2.75, 3.05) is 6.54 Å². The number of nitrogens with zero attached hydrogens (tertiary/aromatic N) is 3. The number of halogens is 4. The van der Waals surface area contributed by atoms with Crippen LogP contribution in [0.4, 0.5) is 13.2 Å². The number of alkyl halides is 3. The number of aromatic nitrogens is 3. The molecule has 2 aromatic rings. The molecule has 0 aliphatic rings. The monoisotopic (exact) mass is 348 g/mol. The highest BCUT2D eigenvalue weighted by atomic mass is 35.5. The second-order valence-corrected chi connectivity index (χ2v) is 5.33. The first kappa shape index (κ1) is 17.6. The second kappa shape index (κ2) is 7.18. The van der Waals surface area contributed by atoms with Crippen molar-refractivity contribution in [3.05, 3.63) is 34.6 Å². The minimum absolute atomic E-state index is 0.0449. The summed E-state index contributed by atoms with van der Waals surface area (Å²) >= 11 is 5.88. The quantitative estimate of drug-likeness (QED) is 0.811. The smallest absolute Gasteiger partial charge is 0.416 e. The van der Waals surface area contributed by atoms with Crippen molar-refractivity contribution in [2.45, 2.75) is 25.4 Å². The van der Waals surface area contributed by atoms with Gasteiger partial charge in [0.05, 0.1) is 10.6 Å². The Morgan fingerprint density at radius 3 is 2.70 bits per heavy atom. The zero-order chi connectivity index (χ0) is 17.0. The van der Waals surface area contributed by atoms with Crippen molar-refractivity contribution in [3.8, 4) is 11.8 Å². The van der Waals surface area contributed by atoms with Gasteiger partial charge in [0.25, 0.3) is 0 Å². The third-order valence-electron chi connectivity index (χ3n) is 3.15. The maximum atomic E-state index is 12.7. The van der Waals surface area contributed by atoms with E-state index in [1.54, 1.807) is 7.05 Å². The van der Waals surface area contributed by atoms with Crippen molar-refractivity contribution >= 4 is 11.6 Å². The van der Waals surface area contributed by atoms with E-state index in [0.29, 0.717) is 18.8 Å². The van der Waals surface area contributed by atoms with Crippen LogP contribution in [0.25, 0.3) is 0 Å². The summed E-state index contributed by atoms with van der Waals surface area (Å²) in [7, 11) is 1.69. The first-order valence-electron chi connectivity index (χ1n) is 6.96. The Balaban J connectivity index is 2.17. The van der Waals surface area contributed by atoms with Crippen LogP contribution in [0, 0.1) is 0 Å². The first-order chi connectivity index (χ1) is 10.8. The van der Waals surface area contributed by atoms with E-state index in [1.807, 2.05) is 0 Å². The summed E-state index contributed by atoms with van der Waals surface area (Å²) in [5.74, 6) is 0.525. The molecule has 1 heterocycles. The minimum atomic E-state index is -4.48. The number of hydrogen-bond donors (Lipinski definition) is 1. The van der Waals surface area contributed by atoms with Crippen LogP contribution in [0.3, 0.4) is 0 Å². The van der Waals surface area contributed by atoms with Crippen molar-refractivity contribution in [1.82, 2.24) is 14.8 Å². The van der Waals surface area contributed by atoms with Gasteiger partial charge in [-0.05, 0) is 37.6 Å². The van der Waals surface area contributed by atoms with Gasteiger partial charge in [-0.15, -0.1) is 5.10 Å². The number of benzene rings is 1. The molecular formula is C14H16ClF3N4O. The molecule has 0 saturated carbocycles. The normalized spacial score (nSPS) is 11.7. The Morgan fingerprint density at radius 2 is 2.04 bits per heavy atom. The zero-order valence-electron chi connectivity index (χ0n) is 12.4. The maximum Gasteiger partial charge on any atom is 0.416 e. The molecule has 0 atom stereocenters. The van der Waals surface area contributed by atoms with E-state index in [9.17, 15) is 13.2 Å². The topological polar surface area (TPSA) is 66.0 Å². The van der Waals surface area contributed by atoms with Crippen molar-refractivity contribution in [2.24, 2.45) is 12.8 Å². The number of hydrogen-bond acceptors (Lipinski definition) is 4. The van der Waals surface area contributed by atoms with E-state index in [-0.39, 0.29) is 16.8 Å². The predicted molar refractivity (Wildman–Crippen MR) is 79.5 cm³/mol. The summed E-state index contributed by atoms with van der Waals surface area (Å²) in [5, 5.41) is 4.08. The van der Waals surface area contributed by atoms with Gasteiger partial charge in [0.1, 0.15) is 11.6 Å². The Bertz CT molecular complexity index is 673. The fourth-order valence-electron chi connectivity index (χ4n) is 1.94. The highest BCUT2D eigenvalue weighted by Gasteiger charge is 2.31. The van der Waals surface area contributed by atoms with Crippen LogP contribution in [0.15, 0.2) is 18.2 Å². The maximum absolute atomic E-state index is 12.7. The number of aryl methyl sites for hydroxylation is 2. The molecule has 1 aromatic heterocycles. The Morgan fingerprint density at radius 1 is 1.30 bits per heavy atom. The molecule has 0 amide bonds. The minimum Gasteiger partial charge on any atom is -0.422 e. The van der Waals surface area contributed by atoms with Crippen molar-refractivity contribution in [1.29, 1.82) is 0 Å². The van der Waals surface area contributed by atoms with Gasteiger partial charge in [0.2, 0.25) is 0 Å². The van der Waals surface area contributed by atoms with Gasteiger partial charge in [-0.25, -0.2) is 4.68 Å². The third-order valence-corrected chi connectivity index (χ3v) is 3.46. The van der Waals surface area contributed by atoms with Crippen LogP contribution in [0.2, 0.25) is 5.02 Å². The molecule has 0 bridgehead atoms. The molecule has 0 saturated heterocycles. The Kier molecular flexibility index (Phi) is 5.48. The number of unbranched alkanes of at least 4 members (excludes halogenated alkanes) is 1. The second-order valence-electron chi connectivity index (χ2n) is 4.93. The largest absolute Gasteiger partial charge is 0.422 e.